The predicted octanol–water partition coefficient (Wildman–Crippen LogP) is 1.82. The van der Waals surface area contributed by atoms with Crippen molar-refractivity contribution in [2.45, 2.75) is 25.8 Å². The Morgan fingerprint density at radius 2 is 2.18 bits per heavy atom. The van der Waals surface area contributed by atoms with Crippen LogP contribution in [0.15, 0.2) is 18.2 Å². The lowest BCUT2D eigenvalue weighted by Crippen LogP contribution is -2.36. The first kappa shape index (κ1) is 13.6. The number of amides is 1. The third-order valence-corrected chi connectivity index (χ3v) is 2.52. The monoisotopic (exact) mass is 242 g/mol. The van der Waals surface area contributed by atoms with Gasteiger partial charge in [-0.15, -0.1) is 0 Å². The van der Waals surface area contributed by atoms with E-state index in [4.69, 9.17) is 5.73 Å². The van der Waals surface area contributed by atoms with Gasteiger partial charge in [-0.2, -0.15) is 0 Å². The van der Waals surface area contributed by atoms with Gasteiger partial charge in [0.2, 0.25) is 0 Å². The van der Waals surface area contributed by atoms with Crippen LogP contribution in [-0.2, 0) is 0 Å². The molecule has 94 valence electrons. The molecule has 0 aliphatic rings. The van der Waals surface area contributed by atoms with Crippen LogP contribution < -0.4 is 11.1 Å². The van der Waals surface area contributed by atoms with Gasteiger partial charge in [-0.05, 0) is 37.6 Å². The second-order valence-corrected chi connectivity index (χ2v) is 3.78. The highest BCUT2D eigenvalue weighted by atomic mass is 19.1. The molecule has 0 fully saturated rings. The Labute approximate surface area is 99.0 Å². The zero-order valence-electron chi connectivity index (χ0n) is 9.67. The minimum absolute atomic E-state index is 0.116. The van der Waals surface area contributed by atoms with Crippen molar-refractivity contribution < 1.29 is 13.6 Å². The van der Waals surface area contributed by atoms with Gasteiger partial charge in [-0.25, -0.2) is 8.78 Å². The van der Waals surface area contributed by atoms with Crippen LogP contribution >= 0.6 is 0 Å². The van der Waals surface area contributed by atoms with Gasteiger partial charge in [0.1, 0.15) is 11.6 Å². The van der Waals surface area contributed by atoms with Crippen LogP contribution in [0.3, 0.4) is 0 Å². The van der Waals surface area contributed by atoms with E-state index in [0.717, 1.165) is 18.2 Å². The molecule has 0 bridgehead atoms. The van der Waals surface area contributed by atoms with Gasteiger partial charge in [0.25, 0.3) is 5.91 Å². The predicted molar refractivity (Wildman–Crippen MR) is 61.6 cm³/mol. The molecule has 1 atom stereocenters. The van der Waals surface area contributed by atoms with Gasteiger partial charge in [-0.3, -0.25) is 4.79 Å². The number of halogens is 2. The minimum atomic E-state index is -0.730. The lowest BCUT2D eigenvalue weighted by Gasteiger charge is -2.16. The Morgan fingerprint density at radius 1 is 1.47 bits per heavy atom. The molecule has 0 radical (unpaired) electrons. The number of carbonyl (C=O) groups excluding carboxylic acids is 1. The Kier molecular flexibility index (Phi) is 5.03. The van der Waals surface area contributed by atoms with E-state index in [1.165, 1.54) is 0 Å². The average molecular weight is 242 g/mol. The molecule has 0 aliphatic heterocycles. The summed E-state index contributed by atoms with van der Waals surface area (Å²) in [5.74, 6) is -1.97. The smallest absolute Gasteiger partial charge is 0.254 e. The molecule has 0 aromatic heterocycles. The Bertz CT molecular complexity index is 396. The molecular formula is C12H16F2N2O. The highest BCUT2D eigenvalue weighted by Crippen LogP contribution is 2.10. The molecule has 0 spiro atoms. The number of hydrogen-bond donors (Lipinski definition) is 2. The summed E-state index contributed by atoms with van der Waals surface area (Å²) in [5, 5.41) is 2.63. The first-order valence-electron chi connectivity index (χ1n) is 5.54. The van der Waals surface area contributed by atoms with E-state index in [-0.39, 0.29) is 11.6 Å². The van der Waals surface area contributed by atoms with Gasteiger partial charge in [0, 0.05) is 6.04 Å². The standard InChI is InChI=1S/C12H16F2N2O/c1-2-9(5-6-15)16-12(17)10-7-8(13)3-4-11(10)14/h3-4,7,9H,2,5-6,15H2,1H3,(H,16,17). The van der Waals surface area contributed by atoms with Crippen LogP contribution in [0.4, 0.5) is 8.78 Å². The second-order valence-electron chi connectivity index (χ2n) is 3.78. The first-order chi connectivity index (χ1) is 8.08. The van der Waals surface area contributed by atoms with Gasteiger partial charge in [0.05, 0.1) is 5.56 Å². The van der Waals surface area contributed by atoms with Crippen molar-refractivity contribution in [3.05, 3.63) is 35.4 Å². The largest absolute Gasteiger partial charge is 0.349 e. The number of carbonyl (C=O) groups is 1. The molecule has 0 heterocycles. The molecule has 0 saturated heterocycles. The summed E-state index contributed by atoms with van der Waals surface area (Å²) in [5.41, 5.74) is 5.11. The van der Waals surface area contributed by atoms with Crippen molar-refractivity contribution in [3.63, 3.8) is 0 Å². The van der Waals surface area contributed by atoms with E-state index < -0.39 is 17.5 Å². The average Bonchev–Trinajstić information content (AvgIpc) is 2.31. The lowest BCUT2D eigenvalue weighted by atomic mass is 10.1. The third kappa shape index (κ3) is 3.78. The summed E-state index contributed by atoms with van der Waals surface area (Å²) in [7, 11) is 0. The van der Waals surface area contributed by atoms with Crippen LogP contribution in [0.2, 0.25) is 0 Å². The second kappa shape index (κ2) is 6.30. The first-order valence-corrected chi connectivity index (χ1v) is 5.54. The number of benzene rings is 1. The van der Waals surface area contributed by atoms with Gasteiger partial charge >= 0.3 is 0 Å². The highest BCUT2D eigenvalue weighted by molar-refractivity contribution is 5.94. The highest BCUT2D eigenvalue weighted by Gasteiger charge is 2.15. The molecular weight excluding hydrogens is 226 g/mol. The van der Waals surface area contributed by atoms with Crippen LogP contribution in [0, 0.1) is 11.6 Å². The molecule has 3 N–H and O–H groups in total. The lowest BCUT2D eigenvalue weighted by molar-refractivity contribution is 0.0930. The number of rotatable bonds is 5. The summed E-state index contributed by atoms with van der Waals surface area (Å²) in [6.45, 7) is 2.33. The summed E-state index contributed by atoms with van der Waals surface area (Å²) in [6, 6.07) is 2.69. The molecule has 1 rings (SSSR count). The van der Waals surface area contributed by atoms with Crippen LogP contribution in [0.1, 0.15) is 30.1 Å². The van der Waals surface area contributed by atoms with E-state index >= 15 is 0 Å². The molecule has 1 aromatic rings. The van der Waals surface area contributed by atoms with E-state index in [1.54, 1.807) is 0 Å². The normalized spacial score (nSPS) is 12.2. The van der Waals surface area contributed by atoms with E-state index in [9.17, 15) is 13.6 Å². The SMILES string of the molecule is CCC(CCN)NC(=O)c1cc(F)ccc1F. The van der Waals surface area contributed by atoms with E-state index in [1.807, 2.05) is 6.92 Å². The molecule has 0 aliphatic carbocycles. The van der Waals surface area contributed by atoms with Crippen molar-refractivity contribution >= 4 is 5.91 Å². The van der Waals surface area contributed by atoms with Crippen LogP contribution in [-0.4, -0.2) is 18.5 Å². The fourth-order valence-corrected chi connectivity index (χ4v) is 1.51. The minimum Gasteiger partial charge on any atom is -0.349 e. The van der Waals surface area contributed by atoms with Gasteiger partial charge in [0.15, 0.2) is 0 Å². The van der Waals surface area contributed by atoms with Crippen molar-refractivity contribution in [1.29, 1.82) is 0 Å². The Morgan fingerprint density at radius 3 is 2.76 bits per heavy atom. The van der Waals surface area contributed by atoms with Crippen LogP contribution in [0.25, 0.3) is 0 Å². The van der Waals surface area contributed by atoms with E-state index in [0.29, 0.717) is 19.4 Å². The van der Waals surface area contributed by atoms with Gasteiger partial charge < -0.3 is 11.1 Å². The quantitative estimate of drug-likeness (QED) is 0.827. The molecule has 17 heavy (non-hydrogen) atoms. The molecule has 1 aromatic carbocycles. The number of nitrogens with one attached hydrogen (secondary N) is 1. The summed E-state index contributed by atoms with van der Waals surface area (Å²) >= 11 is 0. The maximum atomic E-state index is 13.3. The fourth-order valence-electron chi connectivity index (χ4n) is 1.51. The summed E-state index contributed by atoms with van der Waals surface area (Å²) in [6.07, 6.45) is 1.30. The van der Waals surface area contributed by atoms with Crippen molar-refractivity contribution in [2.24, 2.45) is 5.73 Å². The maximum absolute atomic E-state index is 13.3. The number of hydrogen-bond acceptors (Lipinski definition) is 2. The molecule has 3 nitrogen and oxygen atoms in total. The molecule has 0 saturated carbocycles. The topological polar surface area (TPSA) is 55.1 Å². The summed E-state index contributed by atoms with van der Waals surface area (Å²) in [4.78, 5) is 11.7. The number of nitrogens with two attached hydrogens (primary N) is 1. The maximum Gasteiger partial charge on any atom is 0.254 e. The molecule has 1 unspecified atom stereocenters. The molecule has 1 amide bonds. The summed E-state index contributed by atoms with van der Waals surface area (Å²) < 4.78 is 26.2. The zero-order valence-corrected chi connectivity index (χ0v) is 9.67. The Hall–Kier alpha value is -1.49. The zero-order chi connectivity index (χ0) is 12.8. The Balaban J connectivity index is 2.78. The van der Waals surface area contributed by atoms with Crippen molar-refractivity contribution in [1.82, 2.24) is 5.32 Å². The van der Waals surface area contributed by atoms with Gasteiger partial charge in [-0.1, -0.05) is 6.92 Å². The molecule has 5 heteroatoms. The van der Waals surface area contributed by atoms with E-state index in [2.05, 4.69) is 5.32 Å². The fraction of sp³-hybridized carbons (Fsp3) is 0.417. The van der Waals surface area contributed by atoms with Crippen molar-refractivity contribution in [2.75, 3.05) is 6.54 Å². The third-order valence-electron chi connectivity index (χ3n) is 2.52. The van der Waals surface area contributed by atoms with Crippen LogP contribution in [0.5, 0.6) is 0 Å². The van der Waals surface area contributed by atoms with Crippen molar-refractivity contribution in [3.8, 4) is 0 Å².